The van der Waals surface area contributed by atoms with E-state index in [-0.39, 0.29) is 5.91 Å². The number of hydrogen-bond acceptors (Lipinski definition) is 1. The van der Waals surface area contributed by atoms with Crippen LogP contribution >= 0.6 is 0 Å². The van der Waals surface area contributed by atoms with Crippen LogP contribution in [-0.4, -0.2) is 5.91 Å². The van der Waals surface area contributed by atoms with Gasteiger partial charge in [-0.15, -0.1) is 0 Å². The van der Waals surface area contributed by atoms with Gasteiger partial charge in [-0.05, 0) is 32.8 Å². The fraction of sp³-hybridized carbons (Fsp3) is 0.308. The monoisotopic (exact) mass is 203 g/mol. The first-order valence-electron chi connectivity index (χ1n) is 5.21. The van der Waals surface area contributed by atoms with Crippen molar-refractivity contribution >= 4 is 5.91 Å². The summed E-state index contributed by atoms with van der Waals surface area (Å²) < 4.78 is 0. The third kappa shape index (κ3) is 3.98. The molecule has 0 aliphatic heterocycles. The number of carbonyl (C=O) groups is 1. The highest BCUT2D eigenvalue weighted by molar-refractivity contribution is 5.97. The molecule has 0 aromatic carbocycles. The standard InChI is InChI=1S/C13H17NO/c1-3-4-8-11(2)14-13(15)12-9-6-5-7-10-12/h3-4,6,8-10H,5,7H2,1-2H3,(H,14,15)/b4-3-,11-8+. The second kappa shape index (κ2) is 6.02. The van der Waals surface area contributed by atoms with Crippen LogP contribution in [-0.2, 0) is 4.79 Å². The summed E-state index contributed by atoms with van der Waals surface area (Å²) in [6.45, 7) is 3.82. The SMILES string of the molecule is C/C=C\C=C(/C)NC(=O)C1=CCCC=C1. The predicted molar refractivity (Wildman–Crippen MR) is 63.2 cm³/mol. The molecule has 0 spiro atoms. The molecule has 1 rings (SSSR count). The number of rotatable bonds is 3. The summed E-state index contributed by atoms with van der Waals surface area (Å²) in [6.07, 6.45) is 13.6. The molecule has 0 bridgehead atoms. The molecule has 1 aliphatic carbocycles. The maximum atomic E-state index is 11.7. The predicted octanol–water partition coefficient (Wildman–Crippen LogP) is 2.86. The van der Waals surface area contributed by atoms with Crippen LogP contribution in [0.2, 0.25) is 0 Å². The molecule has 0 heterocycles. The summed E-state index contributed by atoms with van der Waals surface area (Å²) >= 11 is 0. The molecule has 1 amide bonds. The van der Waals surface area contributed by atoms with Crippen molar-refractivity contribution in [1.82, 2.24) is 5.32 Å². The topological polar surface area (TPSA) is 29.1 Å². The lowest BCUT2D eigenvalue weighted by Crippen LogP contribution is -2.22. The molecule has 1 aliphatic rings. The van der Waals surface area contributed by atoms with E-state index < -0.39 is 0 Å². The van der Waals surface area contributed by atoms with Gasteiger partial charge in [0.15, 0.2) is 0 Å². The Balaban J connectivity index is 2.55. The fourth-order valence-corrected chi connectivity index (χ4v) is 1.32. The van der Waals surface area contributed by atoms with Crippen molar-refractivity contribution in [2.75, 3.05) is 0 Å². The van der Waals surface area contributed by atoms with Gasteiger partial charge in [0.25, 0.3) is 5.91 Å². The molecule has 2 heteroatoms. The van der Waals surface area contributed by atoms with Crippen LogP contribution in [0.15, 0.2) is 47.7 Å². The highest BCUT2D eigenvalue weighted by Crippen LogP contribution is 2.09. The second-order valence-electron chi connectivity index (χ2n) is 3.47. The normalized spacial score (nSPS) is 16.7. The number of nitrogens with one attached hydrogen (secondary N) is 1. The maximum absolute atomic E-state index is 11.7. The number of allylic oxidation sites excluding steroid dienone is 6. The molecule has 15 heavy (non-hydrogen) atoms. The summed E-state index contributed by atoms with van der Waals surface area (Å²) in [4.78, 5) is 11.7. The van der Waals surface area contributed by atoms with Gasteiger partial charge in [-0.1, -0.05) is 30.4 Å². The third-order valence-corrected chi connectivity index (χ3v) is 2.11. The molecule has 0 saturated carbocycles. The van der Waals surface area contributed by atoms with E-state index in [0.29, 0.717) is 0 Å². The fourth-order valence-electron chi connectivity index (χ4n) is 1.32. The number of carbonyl (C=O) groups excluding carboxylic acids is 1. The smallest absolute Gasteiger partial charge is 0.255 e. The summed E-state index contributed by atoms with van der Waals surface area (Å²) in [6, 6.07) is 0. The lowest BCUT2D eigenvalue weighted by molar-refractivity contribution is -0.116. The first-order valence-corrected chi connectivity index (χ1v) is 5.21. The minimum Gasteiger partial charge on any atom is -0.326 e. The Morgan fingerprint density at radius 3 is 2.87 bits per heavy atom. The zero-order valence-electron chi connectivity index (χ0n) is 9.29. The highest BCUT2D eigenvalue weighted by Gasteiger charge is 2.07. The van der Waals surface area contributed by atoms with Gasteiger partial charge in [0, 0.05) is 11.3 Å². The van der Waals surface area contributed by atoms with Crippen LogP contribution in [0.4, 0.5) is 0 Å². The highest BCUT2D eigenvalue weighted by atomic mass is 16.1. The lowest BCUT2D eigenvalue weighted by Gasteiger charge is -2.07. The summed E-state index contributed by atoms with van der Waals surface area (Å²) in [5.41, 5.74) is 1.62. The van der Waals surface area contributed by atoms with Crippen molar-refractivity contribution in [3.8, 4) is 0 Å². The van der Waals surface area contributed by atoms with Crippen LogP contribution in [0, 0.1) is 0 Å². The van der Waals surface area contributed by atoms with E-state index in [1.54, 1.807) is 0 Å². The third-order valence-electron chi connectivity index (χ3n) is 2.11. The van der Waals surface area contributed by atoms with Gasteiger partial charge < -0.3 is 5.32 Å². The van der Waals surface area contributed by atoms with E-state index in [1.807, 2.05) is 50.3 Å². The van der Waals surface area contributed by atoms with E-state index in [1.165, 1.54) is 0 Å². The van der Waals surface area contributed by atoms with Crippen LogP contribution in [0.5, 0.6) is 0 Å². The van der Waals surface area contributed by atoms with Crippen LogP contribution in [0.1, 0.15) is 26.7 Å². The molecule has 0 aromatic heterocycles. The summed E-state index contributed by atoms with van der Waals surface area (Å²) in [5.74, 6) is -0.0239. The van der Waals surface area contributed by atoms with Gasteiger partial charge in [-0.25, -0.2) is 0 Å². The van der Waals surface area contributed by atoms with Crippen LogP contribution < -0.4 is 5.32 Å². The van der Waals surface area contributed by atoms with Gasteiger partial charge >= 0.3 is 0 Å². The molecule has 80 valence electrons. The van der Waals surface area contributed by atoms with Crippen molar-refractivity contribution < 1.29 is 4.79 Å². The van der Waals surface area contributed by atoms with Gasteiger partial charge in [0.05, 0.1) is 0 Å². The molecular formula is C13H17NO. The summed E-state index contributed by atoms with van der Waals surface area (Å²) in [7, 11) is 0. The molecule has 1 N–H and O–H groups in total. The Morgan fingerprint density at radius 2 is 2.27 bits per heavy atom. The van der Waals surface area contributed by atoms with Crippen molar-refractivity contribution in [1.29, 1.82) is 0 Å². The van der Waals surface area contributed by atoms with E-state index >= 15 is 0 Å². The molecular weight excluding hydrogens is 186 g/mol. The second-order valence-corrected chi connectivity index (χ2v) is 3.47. The Kier molecular flexibility index (Phi) is 4.61. The molecule has 2 nitrogen and oxygen atoms in total. The molecule has 0 atom stereocenters. The Labute approximate surface area is 91.1 Å². The lowest BCUT2D eigenvalue weighted by atomic mass is 10.1. The zero-order valence-corrected chi connectivity index (χ0v) is 9.29. The Bertz CT molecular complexity index is 346. The molecule has 0 unspecified atom stereocenters. The largest absolute Gasteiger partial charge is 0.326 e. The number of hydrogen-bond donors (Lipinski definition) is 1. The molecule has 0 aromatic rings. The zero-order chi connectivity index (χ0) is 11.1. The van der Waals surface area contributed by atoms with Gasteiger partial charge in [0.1, 0.15) is 0 Å². The van der Waals surface area contributed by atoms with Crippen molar-refractivity contribution in [3.05, 3.63) is 47.7 Å². The average Bonchev–Trinajstić information content (AvgIpc) is 2.27. The van der Waals surface area contributed by atoms with E-state index in [2.05, 4.69) is 5.32 Å². The van der Waals surface area contributed by atoms with E-state index in [4.69, 9.17) is 0 Å². The van der Waals surface area contributed by atoms with Gasteiger partial charge in [0.2, 0.25) is 0 Å². The minimum atomic E-state index is -0.0239. The molecule has 0 radical (unpaired) electrons. The van der Waals surface area contributed by atoms with Crippen molar-refractivity contribution in [2.24, 2.45) is 0 Å². The minimum absolute atomic E-state index is 0.0239. The van der Waals surface area contributed by atoms with Gasteiger partial charge in [-0.2, -0.15) is 0 Å². The van der Waals surface area contributed by atoms with E-state index in [0.717, 1.165) is 24.1 Å². The van der Waals surface area contributed by atoms with Crippen molar-refractivity contribution in [2.45, 2.75) is 26.7 Å². The molecule has 0 fully saturated rings. The van der Waals surface area contributed by atoms with Gasteiger partial charge in [-0.3, -0.25) is 4.79 Å². The number of amides is 1. The summed E-state index contributed by atoms with van der Waals surface area (Å²) in [5, 5.41) is 2.84. The first kappa shape index (κ1) is 11.5. The first-order chi connectivity index (χ1) is 7.24. The quantitative estimate of drug-likeness (QED) is 0.702. The van der Waals surface area contributed by atoms with E-state index in [9.17, 15) is 4.79 Å². The Hall–Kier alpha value is -1.57. The molecule has 0 saturated heterocycles. The van der Waals surface area contributed by atoms with Crippen LogP contribution in [0.3, 0.4) is 0 Å². The maximum Gasteiger partial charge on any atom is 0.255 e. The van der Waals surface area contributed by atoms with Crippen molar-refractivity contribution in [3.63, 3.8) is 0 Å². The van der Waals surface area contributed by atoms with Crippen LogP contribution in [0.25, 0.3) is 0 Å². The average molecular weight is 203 g/mol. The Morgan fingerprint density at radius 1 is 1.47 bits per heavy atom.